The lowest BCUT2D eigenvalue weighted by Crippen LogP contribution is -2.33. The second-order valence-corrected chi connectivity index (χ2v) is 6.76. The highest BCUT2D eigenvalue weighted by molar-refractivity contribution is 5.85. The number of aliphatic hydroxyl groups excluding tert-OH is 1. The lowest BCUT2D eigenvalue weighted by molar-refractivity contribution is -0.148. The van der Waals surface area contributed by atoms with Crippen LogP contribution in [0.5, 0.6) is 5.75 Å². The van der Waals surface area contributed by atoms with E-state index in [1.807, 2.05) is 0 Å². The van der Waals surface area contributed by atoms with Gasteiger partial charge in [-0.25, -0.2) is 9.59 Å². The summed E-state index contributed by atoms with van der Waals surface area (Å²) in [5.41, 5.74) is -0.918. The molecule has 1 fully saturated rings. The Bertz CT molecular complexity index is 630. The molecule has 0 aliphatic heterocycles. The molecule has 1 aromatic rings. The van der Waals surface area contributed by atoms with E-state index < -0.39 is 29.2 Å². The fourth-order valence-electron chi connectivity index (χ4n) is 2.51. The second-order valence-electron chi connectivity index (χ2n) is 6.76. The standard InChI is InChI=1S/C16H21NO6/c1-15(2,3)23-14(22)17-9-4-5-10(11(18)8-9)16(6-7-16)12(19)13(20)21/h4-5,8,12,18-19H,6-7H2,1-3H3,(H,17,22)(H,20,21). The number of ether oxygens (including phenoxy) is 1. The monoisotopic (exact) mass is 323 g/mol. The number of phenolic OH excluding ortho intramolecular Hbond substituents is 1. The van der Waals surface area contributed by atoms with Gasteiger partial charge in [-0.1, -0.05) is 6.07 Å². The van der Waals surface area contributed by atoms with E-state index in [-0.39, 0.29) is 5.75 Å². The van der Waals surface area contributed by atoms with E-state index in [2.05, 4.69) is 5.32 Å². The fraction of sp³-hybridized carbons (Fsp3) is 0.500. The molecule has 0 spiro atoms. The smallest absolute Gasteiger partial charge is 0.412 e. The third kappa shape index (κ3) is 3.73. The lowest BCUT2D eigenvalue weighted by atomic mass is 9.89. The minimum atomic E-state index is -1.57. The number of benzene rings is 1. The molecule has 2 rings (SSSR count). The Labute approximate surface area is 133 Å². The van der Waals surface area contributed by atoms with E-state index in [0.29, 0.717) is 24.1 Å². The molecule has 0 radical (unpaired) electrons. The molecule has 0 aromatic heterocycles. The number of carboxylic acid groups (broad SMARTS) is 1. The van der Waals surface area contributed by atoms with Gasteiger partial charge in [0.2, 0.25) is 0 Å². The first-order chi connectivity index (χ1) is 10.5. The van der Waals surface area contributed by atoms with Crippen molar-refractivity contribution in [1.29, 1.82) is 0 Å². The van der Waals surface area contributed by atoms with Crippen LogP contribution >= 0.6 is 0 Å². The molecule has 7 nitrogen and oxygen atoms in total. The predicted octanol–water partition coefficient (Wildman–Crippen LogP) is 2.22. The van der Waals surface area contributed by atoms with Gasteiger partial charge in [0.15, 0.2) is 6.10 Å². The fourth-order valence-corrected chi connectivity index (χ4v) is 2.51. The van der Waals surface area contributed by atoms with Crippen LogP contribution in [0.1, 0.15) is 39.2 Å². The molecule has 1 aliphatic carbocycles. The molecule has 126 valence electrons. The maximum Gasteiger partial charge on any atom is 0.412 e. The molecular formula is C16H21NO6. The zero-order valence-corrected chi connectivity index (χ0v) is 13.3. The number of carbonyl (C=O) groups excluding carboxylic acids is 1. The molecule has 1 aliphatic rings. The molecule has 7 heteroatoms. The average molecular weight is 323 g/mol. The van der Waals surface area contributed by atoms with Crippen LogP contribution in [0, 0.1) is 0 Å². The van der Waals surface area contributed by atoms with Crippen molar-refractivity contribution in [2.24, 2.45) is 0 Å². The van der Waals surface area contributed by atoms with Gasteiger partial charge < -0.3 is 20.1 Å². The van der Waals surface area contributed by atoms with Crippen LogP contribution in [-0.4, -0.2) is 39.1 Å². The molecule has 0 saturated heterocycles. The number of rotatable bonds is 4. The number of anilines is 1. The minimum Gasteiger partial charge on any atom is -0.508 e. The molecule has 1 saturated carbocycles. The number of aliphatic hydroxyl groups is 1. The van der Waals surface area contributed by atoms with Crippen molar-refractivity contribution in [2.75, 3.05) is 5.32 Å². The van der Waals surface area contributed by atoms with Crippen molar-refractivity contribution in [1.82, 2.24) is 0 Å². The van der Waals surface area contributed by atoms with Crippen molar-refractivity contribution in [2.45, 2.75) is 50.7 Å². The van der Waals surface area contributed by atoms with Crippen molar-refractivity contribution in [3.05, 3.63) is 23.8 Å². The summed E-state index contributed by atoms with van der Waals surface area (Å²) >= 11 is 0. The summed E-state index contributed by atoms with van der Waals surface area (Å²) in [6.07, 6.45) is -1.27. The van der Waals surface area contributed by atoms with Crippen LogP contribution in [-0.2, 0) is 14.9 Å². The molecule has 1 aromatic carbocycles. The molecule has 1 unspecified atom stereocenters. The Kier molecular flexibility index (Phi) is 4.26. The SMILES string of the molecule is CC(C)(C)OC(=O)Nc1ccc(C2(C(O)C(=O)O)CC2)c(O)c1. The van der Waals surface area contributed by atoms with Gasteiger partial charge in [-0.3, -0.25) is 5.32 Å². The molecule has 0 heterocycles. The summed E-state index contributed by atoms with van der Waals surface area (Å²) in [6, 6.07) is 4.36. The molecular weight excluding hydrogens is 302 g/mol. The van der Waals surface area contributed by atoms with Gasteiger partial charge >= 0.3 is 12.1 Å². The topological polar surface area (TPSA) is 116 Å². The Morgan fingerprint density at radius 1 is 1.30 bits per heavy atom. The van der Waals surface area contributed by atoms with Gasteiger partial charge in [0.25, 0.3) is 0 Å². The zero-order chi connectivity index (χ0) is 17.4. The first-order valence-corrected chi connectivity index (χ1v) is 7.29. The molecule has 4 N–H and O–H groups in total. The van der Waals surface area contributed by atoms with Crippen LogP contribution in [0.4, 0.5) is 10.5 Å². The van der Waals surface area contributed by atoms with Crippen LogP contribution in [0.25, 0.3) is 0 Å². The van der Waals surface area contributed by atoms with Gasteiger partial charge in [0, 0.05) is 22.7 Å². The maximum absolute atomic E-state index is 11.7. The van der Waals surface area contributed by atoms with Crippen molar-refractivity contribution in [3.63, 3.8) is 0 Å². The maximum atomic E-state index is 11.7. The van der Waals surface area contributed by atoms with Gasteiger partial charge in [0.1, 0.15) is 11.4 Å². The summed E-state index contributed by atoms with van der Waals surface area (Å²) in [7, 11) is 0. The number of carboxylic acids is 1. The largest absolute Gasteiger partial charge is 0.508 e. The van der Waals surface area contributed by atoms with E-state index in [1.165, 1.54) is 18.2 Å². The third-order valence-corrected chi connectivity index (χ3v) is 3.73. The van der Waals surface area contributed by atoms with E-state index in [4.69, 9.17) is 9.84 Å². The molecule has 0 bridgehead atoms. The van der Waals surface area contributed by atoms with Gasteiger partial charge in [0.05, 0.1) is 0 Å². The number of amides is 1. The highest BCUT2D eigenvalue weighted by Gasteiger charge is 2.54. The van der Waals surface area contributed by atoms with Crippen LogP contribution in [0.15, 0.2) is 18.2 Å². The summed E-state index contributed by atoms with van der Waals surface area (Å²) < 4.78 is 5.11. The Hall–Kier alpha value is -2.28. The number of nitrogens with one attached hydrogen (secondary N) is 1. The molecule has 1 amide bonds. The summed E-state index contributed by atoms with van der Waals surface area (Å²) in [5.74, 6) is -1.49. The lowest BCUT2D eigenvalue weighted by Gasteiger charge is -2.22. The Morgan fingerprint density at radius 2 is 1.91 bits per heavy atom. The number of carbonyl (C=O) groups is 2. The van der Waals surface area contributed by atoms with Crippen molar-refractivity contribution in [3.8, 4) is 5.75 Å². The second kappa shape index (κ2) is 5.73. The van der Waals surface area contributed by atoms with Gasteiger partial charge in [-0.2, -0.15) is 0 Å². The van der Waals surface area contributed by atoms with E-state index in [0.717, 1.165) is 0 Å². The summed E-state index contributed by atoms with van der Waals surface area (Å²) in [4.78, 5) is 22.7. The normalized spacial score (nSPS) is 17.2. The van der Waals surface area contributed by atoms with Crippen LogP contribution < -0.4 is 5.32 Å². The predicted molar refractivity (Wildman–Crippen MR) is 82.5 cm³/mol. The van der Waals surface area contributed by atoms with Crippen molar-refractivity contribution >= 4 is 17.7 Å². The number of aliphatic carboxylic acids is 1. The first kappa shape index (κ1) is 17.1. The van der Waals surface area contributed by atoms with E-state index in [9.17, 15) is 19.8 Å². The average Bonchev–Trinajstić information content (AvgIpc) is 3.16. The summed E-state index contributed by atoms with van der Waals surface area (Å²) in [5, 5.41) is 31.5. The zero-order valence-electron chi connectivity index (χ0n) is 13.3. The quantitative estimate of drug-likeness (QED) is 0.675. The number of hydrogen-bond donors (Lipinski definition) is 4. The Balaban J connectivity index is 2.16. The molecule has 23 heavy (non-hydrogen) atoms. The highest BCUT2D eigenvalue weighted by Crippen LogP contribution is 2.54. The van der Waals surface area contributed by atoms with Crippen molar-refractivity contribution < 1.29 is 29.6 Å². The van der Waals surface area contributed by atoms with Gasteiger partial charge in [-0.05, 0) is 39.7 Å². The van der Waals surface area contributed by atoms with Crippen LogP contribution in [0.2, 0.25) is 0 Å². The third-order valence-electron chi connectivity index (χ3n) is 3.73. The highest BCUT2D eigenvalue weighted by atomic mass is 16.6. The summed E-state index contributed by atoms with van der Waals surface area (Å²) in [6.45, 7) is 5.20. The first-order valence-electron chi connectivity index (χ1n) is 7.29. The van der Waals surface area contributed by atoms with E-state index in [1.54, 1.807) is 20.8 Å². The number of hydrogen-bond acceptors (Lipinski definition) is 5. The Morgan fingerprint density at radius 3 is 2.35 bits per heavy atom. The van der Waals surface area contributed by atoms with Crippen LogP contribution in [0.3, 0.4) is 0 Å². The number of aromatic hydroxyl groups is 1. The van der Waals surface area contributed by atoms with Gasteiger partial charge in [-0.15, -0.1) is 0 Å². The minimum absolute atomic E-state index is 0.170. The molecule has 1 atom stereocenters. The number of phenols is 1. The van der Waals surface area contributed by atoms with E-state index >= 15 is 0 Å².